The van der Waals surface area contributed by atoms with Crippen molar-refractivity contribution < 1.29 is 19.1 Å². The van der Waals surface area contributed by atoms with Crippen LogP contribution < -0.4 is 10.6 Å². The molecule has 7 heteroatoms. The van der Waals surface area contributed by atoms with E-state index in [4.69, 9.17) is 4.74 Å². The van der Waals surface area contributed by atoms with Gasteiger partial charge in [-0.3, -0.25) is 4.79 Å². The Morgan fingerprint density at radius 2 is 1.90 bits per heavy atom. The lowest BCUT2D eigenvalue weighted by molar-refractivity contribution is -0.126. The molecule has 2 aromatic rings. The van der Waals surface area contributed by atoms with E-state index in [9.17, 15) is 14.4 Å². The van der Waals surface area contributed by atoms with Crippen molar-refractivity contribution in [2.75, 3.05) is 0 Å². The molecule has 158 valence electrons. The third-order valence-electron chi connectivity index (χ3n) is 4.77. The van der Waals surface area contributed by atoms with Gasteiger partial charge in [-0.25, -0.2) is 4.79 Å². The van der Waals surface area contributed by atoms with Crippen molar-refractivity contribution >= 4 is 29.2 Å². The van der Waals surface area contributed by atoms with Crippen LogP contribution in [0.25, 0.3) is 10.9 Å². The molecular weight excluding hydrogens is 370 g/mol. The topological polar surface area (TPSA) is 100 Å². The van der Waals surface area contributed by atoms with Gasteiger partial charge in [0.05, 0.1) is 6.04 Å². The summed E-state index contributed by atoms with van der Waals surface area (Å²) >= 11 is 0. The Balaban J connectivity index is 2.09. The summed E-state index contributed by atoms with van der Waals surface area (Å²) < 4.78 is 5.27. The summed E-state index contributed by atoms with van der Waals surface area (Å²) in [6.07, 6.45) is 2.96. The second-order valence-corrected chi connectivity index (χ2v) is 8.32. The van der Waals surface area contributed by atoms with E-state index in [0.717, 1.165) is 22.8 Å². The summed E-state index contributed by atoms with van der Waals surface area (Å²) in [5.41, 5.74) is 1.25. The van der Waals surface area contributed by atoms with Gasteiger partial charge >= 0.3 is 6.09 Å². The average Bonchev–Trinajstić information content (AvgIpc) is 3.06. The van der Waals surface area contributed by atoms with Crippen molar-refractivity contribution in [3.05, 3.63) is 36.0 Å². The number of hydrogen-bond donors (Lipinski definition) is 3. The van der Waals surface area contributed by atoms with Crippen molar-refractivity contribution in [3.8, 4) is 0 Å². The Kier molecular flexibility index (Phi) is 7.42. The summed E-state index contributed by atoms with van der Waals surface area (Å²) in [7, 11) is 0. The number of benzene rings is 1. The number of alkyl carbamates (subject to hydrolysis) is 1. The molecule has 0 radical (unpaired) electrons. The molecule has 0 aliphatic carbocycles. The van der Waals surface area contributed by atoms with E-state index in [1.807, 2.05) is 44.3 Å². The normalized spacial score (nSPS) is 14.7. The number of ether oxygens (including phenoxy) is 1. The fourth-order valence-corrected chi connectivity index (χ4v) is 3.08. The van der Waals surface area contributed by atoms with Crippen LogP contribution in [-0.4, -0.2) is 41.0 Å². The van der Waals surface area contributed by atoms with Gasteiger partial charge in [0.1, 0.15) is 17.9 Å². The number of fused-ring (bicyclic) bond motifs is 1. The molecule has 1 aromatic carbocycles. The standard InChI is InChI=1S/C22H31N3O4/c1-6-14(2)19(25-21(28)29-22(3,4)5)20(27)24-16(13-26)11-15-12-23-18-10-8-7-9-17(15)18/h7-10,12-14,16,19,23H,6,11H2,1-5H3,(H,24,27)(H,25,28)/t14-,16+,19+/m1/s1. The van der Waals surface area contributed by atoms with Gasteiger partial charge in [0.2, 0.25) is 5.91 Å². The minimum atomic E-state index is -0.791. The number of amides is 2. The van der Waals surface area contributed by atoms with Gasteiger partial charge in [-0.05, 0) is 38.3 Å². The molecule has 0 saturated heterocycles. The van der Waals surface area contributed by atoms with Gasteiger partial charge in [0, 0.05) is 23.5 Å². The zero-order valence-electron chi connectivity index (χ0n) is 17.7. The Morgan fingerprint density at radius 1 is 1.21 bits per heavy atom. The number of carbonyl (C=O) groups is 3. The van der Waals surface area contributed by atoms with Crippen molar-refractivity contribution in [2.24, 2.45) is 5.92 Å². The van der Waals surface area contributed by atoms with E-state index in [1.54, 1.807) is 20.8 Å². The molecule has 3 N–H and O–H groups in total. The van der Waals surface area contributed by atoms with E-state index in [-0.39, 0.29) is 5.92 Å². The number of carbonyl (C=O) groups excluding carboxylic acids is 3. The van der Waals surface area contributed by atoms with Gasteiger partial charge in [0.15, 0.2) is 0 Å². The monoisotopic (exact) mass is 401 g/mol. The third-order valence-corrected chi connectivity index (χ3v) is 4.77. The maximum absolute atomic E-state index is 12.9. The van der Waals surface area contributed by atoms with Crippen molar-refractivity contribution in [3.63, 3.8) is 0 Å². The number of nitrogens with one attached hydrogen (secondary N) is 3. The van der Waals surface area contributed by atoms with Crippen molar-refractivity contribution in [2.45, 2.75) is 65.1 Å². The van der Waals surface area contributed by atoms with E-state index >= 15 is 0 Å². The third kappa shape index (κ3) is 6.34. The first-order valence-corrected chi connectivity index (χ1v) is 9.94. The van der Waals surface area contributed by atoms with Crippen molar-refractivity contribution in [1.82, 2.24) is 15.6 Å². The number of H-pyrrole nitrogens is 1. The Labute approximate surface area is 171 Å². The zero-order valence-corrected chi connectivity index (χ0v) is 17.7. The molecule has 2 amide bonds. The van der Waals surface area contributed by atoms with Crippen LogP contribution >= 0.6 is 0 Å². The number of aromatic nitrogens is 1. The fourth-order valence-electron chi connectivity index (χ4n) is 3.08. The first-order valence-electron chi connectivity index (χ1n) is 9.94. The van der Waals surface area contributed by atoms with E-state index in [1.165, 1.54) is 0 Å². The molecule has 0 unspecified atom stereocenters. The molecule has 0 aliphatic heterocycles. The highest BCUT2D eigenvalue weighted by Crippen LogP contribution is 2.19. The molecule has 3 atom stereocenters. The van der Waals surface area contributed by atoms with Crippen LogP contribution in [0, 0.1) is 5.92 Å². The first-order chi connectivity index (χ1) is 13.6. The van der Waals surface area contributed by atoms with E-state index < -0.39 is 29.7 Å². The molecule has 0 fully saturated rings. The SMILES string of the molecule is CC[C@@H](C)[C@H](NC(=O)OC(C)(C)C)C(=O)N[C@H](C=O)Cc1c[nH]c2ccccc12. The quantitative estimate of drug-likeness (QED) is 0.591. The molecule has 0 spiro atoms. The Morgan fingerprint density at radius 3 is 2.52 bits per heavy atom. The summed E-state index contributed by atoms with van der Waals surface area (Å²) in [5, 5.41) is 6.42. The van der Waals surface area contributed by atoms with Gasteiger partial charge in [-0.2, -0.15) is 0 Å². The van der Waals surface area contributed by atoms with Gasteiger partial charge in [-0.15, -0.1) is 0 Å². The molecule has 0 aliphatic rings. The highest BCUT2D eigenvalue weighted by atomic mass is 16.6. The predicted octanol–water partition coefficient (Wildman–Crippen LogP) is 3.33. The molecule has 7 nitrogen and oxygen atoms in total. The number of hydrogen-bond acceptors (Lipinski definition) is 4. The summed E-state index contributed by atoms with van der Waals surface area (Å²) in [6.45, 7) is 9.08. The second-order valence-electron chi connectivity index (χ2n) is 8.32. The highest BCUT2D eigenvalue weighted by molar-refractivity contribution is 5.88. The van der Waals surface area contributed by atoms with Crippen LogP contribution in [0.15, 0.2) is 30.5 Å². The Bertz CT molecular complexity index is 853. The maximum Gasteiger partial charge on any atom is 0.408 e. The predicted molar refractivity (Wildman–Crippen MR) is 113 cm³/mol. The average molecular weight is 402 g/mol. The first kappa shape index (κ1) is 22.5. The lowest BCUT2D eigenvalue weighted by Gasteiger charge is -2.27. The molecular formula is C22H31N3O4. The maximum atomic E-state index is 12.9. The van der Waals surface area contributed by atoms with Crippen LogP contribution in [0.1, 0.15) is 46.6 Å². The molecule has 29 heavy (non-hydrogen) atoms. The molecule has 2 rings (SSSR count). The minimum Gasteiger partial charge on any atom is -0.444 e. The van der Waals surface area contributed by atoms with Crippen LogP contribution in [0.4, 0.5) is 4.79 Å². The number of para-hydroxylation sites is 1. The second kappa shape index (κ2) is 9.58. The molecule has 1 aromatic heterocycles. The zero-order chi connectivity index (χ0) is 21.6. The number of aromatic amines is 1. The van der Waals surface area contributed by atoms with E-state index in [2.05, 4.69) is 15.6 Å². The summed E-state index contributed by atoms with van der Waals surface area (Å²) in [5.74, 6) is -0.523. The lowest BCUT2D eigenvalue weighted by atomic mass is 9.97. The summed E-state index contributed by atoms with van der Waals surface area (Å²) in [4.78, 5) is 39.8. The van der Waals surface area contributed by atoms with Gasteiger partial charge in [-0.1, -0.05) is 38.5 Å². The smallest absolute Gasteiger partial charge is 0.408 e. The fraction of sp³-hybridized carbons (Fsp3) is 0.500. The summed E-state index contributed by atoms with van der Waals surface area (Å²) in [6, 6.07) is 6.29. The van der Waals surface area contributed by atoms with Gasteiger partial charge < -0.3 is 25.1 Å². The minimum absolute atomic E-state index is 0.122. The van der Waals surface area contributed by atoms with Crippen molar-refractivity contribution in [1.29, 1.82) is 0 Å². The Hall–Kier alpha value is -2.83. The van der Waals surface area contributed by atoms with Crippen LogP contribution in [-0.2, 0) is 20.7 Å². The molecule has 0 saturated carbocycles. The van der Waals surface area contributed by atoms with Crippen LogP contribution in [0.5, 0.6) is 0 Å². The number of rotatable bonds is 8. The molecule has 1 heterocycles. The lowest BCUT2D eigenvalue weighted by Crippen LogP contribution is -2.54. The highest BCUT2D eigenvalue weighted by Gasteiger charge is 2.29. The van der Waals surface area contributed by atoms with Crippen LogP contribution in [0.2, 0.25) is 0 Å². The molecule has 0 bridgehead atoms. The van der Waals surface area contributed by atoms with Crippen LogP contribution in [0.3, 0.4) is 0 Å². The van der Waals surface area contributed by atoms with Gasteiger partial charge in [0.25, 0.3) is 0 Å². The number of aldehydes is 1. The largest absolute Gasteiger partial charge is 0.444 e. The van der Waals surface area contributed by atoms with E-state index in [0.29, 0.717) is 12.8 Å².